The van der Waals surface area contributed by atoms with Crippen LogP contribution in [0.25, 0.3) is 0 Å². The van der Waals surface area contributed by atoms with Crippen LogP contribution in [0.3, 0.4) is 0 Å². The maximum atomic E-state index is 13.2. The van der Waals surface area contributed by atoms with E-state index in [9.17, 15) is 19.9 Å². The van der Waals surface area contributed by atoms with Gasteiger partial charge in [0, 0.05) is 28.3 Å². The number of nitrogens with one attached hydrogen (secondary N) is 1. The van der Waals surface area contributed by atoms with E-state index in [1.807, 2.05) is 42.5 Å². The van der Waals surface area contributed by atoms with Crippen LogP contribution in [0.5, 0.6) is 17.2 Å². The van der Waals surface area contributed by atoms with Crippen LogP contribution < -0.4 is 29.4 Å². The number of alkyl carbamates (subject to hydrolysis) is 1. The molecule has 0 spiro atoms. The number of carbonyl (C=O) groups excluding carboxylic acids is 2. The van der Waals surface area contributed by atoms with Crippen molar-refractivity contribution in [2.75, 3.05) is 33.9 Å². The molecule has 0 saturated carbocycles. The van der Waals surface area contributed by atoms with E-state index in [2.05, 4.69) is 10.2 Å². The number of aromatic nitrogens is 1. The fourth-order valence-electron chi connectivity index (χ4n) is 7.61. The third kappa shape index (κ3) is 8.67. The molecule has 2 N–H and O–H groups in total. The lowest BCUT2D eigenvalue weighted by Crippen LogP contribution is -2.52. The summed E-state index contributed by atoms with van der Waals surface area (Å²) in [6.45, 7) is 2.76. The molecule has 3 aliphatic heterocycles. The molecule has 1 amide bonds. The van der Waals surface area contributed by atoms with Crippen molar-refractivity contribution >= 4 is 35.3 Å². The minimum atomic E-state index is -1.52. The molecule has 1 unspecified atom stereocenters. The molecule has 56 heavy (non-hydrogen) atoms. The number of aromatic carboxylic acids is 1. The number of halogens is 2. The van der Waals surface area contributed by atoms with Gasteiger partial charge in [-0.25, -0.2) is 4.79 Å². The number of furan rings is 1. The highest BCUT2D eigenvalue weighted by atomic mass is 35.5. The third-order valence-corrected chi connectivity index (χ3v) is 11.2. The lowest BCUT2D eigenvalue weighted by atomic mass is 9.85. The van der Waals surface area contributed by atoms with E-state index in [1.165, 1.54) is 26.6 Å². The Balaban J connectivity index is 1.11. The van der Waals surface area contributed by atoms with Crippen LogP contribution in [0.4, 0.5) is 4.79 Å². The Bertz CT molecular complexity index is 2150. The zero-order valence-corrected chi connectivity index (χ0v) is 32.3. The summed E-state index contributed by atoms with van der Waals surface area (Å²) < 4.78 is 29.6. The highest BCUT2D eigenvalue weighted by molar-refractivity contribution is 6.35. The van der Waals surface area contributed by atoms with E-state index in [-0.39, 0.29) is 40.7 Å². The molecule has 3 aliphatic rings. The van der Waals surface area contributed by atoms with E-state index < -0.39 is 24.0 Å². The van der Waals surface area contributed by atoms with Gasteiger partial charge in [0.25, 0.3) is 0 Å². The second-order valence-electron chi connectivity index (χ2n) is 13.9. The number of fused-ring (bicyclic) bond motifs is 3. The van der Waals surface area contributed by atoms with Crippen molar-refractivity contribution in [1.29, 1.82) is 0 Å². The maximum absolute atomic E-state index is 13.2. The highest BCUT2D eigenvalue weighted by Crippen LogP contribution is 2.40. The molecule has 5 heterocycles. The second kappa shape index (κ2) is 17.2. The highest BCUT2D eigenvalue weighted by Gasteiger charge is 2.37. The Morgan fingerprint density at radius 1 is 0.929 bits per heavy atom. The first-order chi connectivity index (χ1) is 27.1. The number of hydrogen-bond acceptors (Lipinski definition) is 10. The molecule has 8 rings (SSSR count). The van der Waals surface area contributed by atoms with Gasteiger partial charge >= 0.3 is 6.09 Å². The average molecular weight is 803 g/mol. The van der Waals surface area contributed by atoms with Gasteiger partial charge in [-0.1, -0.05) is 71.7 Å². The molecule has 0 radical (unpaired) electrons. The van der Waals surface area contributed by atoms with Gasteiger partial charge < -0.3 is 38.6 Å². The van der Waals surface area contributed by atoms with Crippen LogP contribution in [0.15, 0.2) is 95.7 Å². The summed E-state index contributed by atoms with van der Waals surface area (Å²) in [5, 5.41) is 25.9. The monoisotopic (exact) mass is 801 g/mol. The predicted molar refractivity (Wildman–Crippen MR) is 204 cm³/mol. The molecule has 292 valence electrons. The fraction of sp³-hybridized carbons (Fsp3) is 0.310. The van der Waals surface area contributed by atoms with Crippen molar-refractivity contribution in [3.05, 3.63) is 141 Å². The average Bonchev–Trinajstić information content (AvgIpc) is 3.64. The molecular weight excluding hydrogens is 761 g/mol. The van der Waals surface area contributed by atoms with Crippen molar-refractivity contribution in [3.63, 3.8) is 0 Å². The number of hydrogen-bond donors (Lipinski definition) is 2. The van der Waals surface area contributed by atoms with Gasteiger partial charge in [0.2, 0.25) is 12.4 Å². The Kier molecular flexibility index (Phi) is 11.9. The predicted octanol–water partition coefficient (Wildman–Crippen LogP) is 6.36. The lowest BCUT2D eigenvalue weighted by Gasteiger charge is -2.43. The van der Waals surface area contributed by atoms with Gasteiger partial charge in [-0.15, -0.1) is 0 Å². The number of benzene rings is 3. The minimum Gasteiger partial charge on any atom is -0.542 e. The van der Waals surface area contributed by atoms with Crippen molar-refractivity contribution in [2.45, 2.75) is 43.9 Å². The van der Waals surface area contributed by atoms with Crippen LogP contribution in [0.1, 0.15) is 68.9 Å². The molecule has 2 aromatic heterocycles. The Morgan fingerprint density at radius 2 is 1.59 bits per heavy atom. The summed E-state index contributed by atoms with van der Waals surface area (Å²) in [5.41, 5.74) is 3.12. The third-order valence-electron chi connectivity index (χ3n) is 10.5. The van der Waals surface area contributed by atoms with Crippen LogP contribution >= 0.6 is 23.2 Å². The second-order valence-corrected chi connectivity index (χ2v) is 14.7. The maximum Gasteiger partial charge on any atom is 0.408 e. The Hall–Kier alpha value is -5.43. The summed E-state index contributed by atoms with van der Waals surface area (Å²) in [7, 11) is 3.01. The van der Waals surface area contributed by atoms with Crippen LogP contribution in [0, 0.1) is 5.92 Å². The van der Waals surface area contributed by atoms with Crippen LogP contribution in [-0.2, 0) is 17.8 Å². The summed E-state index contributed by atoms with van der Waals surface area (Å²) in [6.07, 6.45) is 4.19. The molecule has 3 saturated heterocycles. The molecule has 12 nitrogen and oxygen atoms in total. The molecule has 0 aliphatic carbocycles. The number of carboxylic acid groups (broad SMARTS) is 1. The number of amides is 1. The summed E-state index contributed by atoms with van der Waals surface area (Å²) >= 11 is 13.0. The Morgan fingerprint density at radius 3 is 2.21 bits per heavy atom. The van der Waals surface area contributed by atoms with Crippen molar-refractivity contribution in [3.8, 4) is 17.2 Å². The lowest BCUT2D eigenvalue weighted by molar-refractivity contribution is -0.904. The first-order valence-electron chi connectivity index (χ1n) is 18.2. The van der Waals surface area contributed by atoms with E-state index in [0.717, 1.165) is 48.3 Å². The van der Waals surface area contributed by atoms with Gasteiger partial charge in [0.05, 0.1) is 20.3 Å². The number of rotatable bonds is 14. The zero-order chi connectivity index (χ0) is 39.3. The zero-order valence-electron chi connectivity index (χ0n) is 30.8. The van der Waals surface area contributed by atoms with E-state index in [1.54, 1.807) is 36.4 Å². The number of carboxylic acids is 1. The van der Waals surface area contributed by atoms with E-state index in [0.29, 0.717) is 39.9 Å². The quantitative estimate of drug-likeness (QED) is 0.0962. The molecule has 14 heteroatoms. The van der Waals surface area contributed by atoms with Gasteiger partial charge in [-0.2, -0.15) is 0 Å². The summed E-state index contributed by atoms with van der Waals surface area (Å²) in [5.74, 6) is -0.579. The first kappa shape index (κ1) is 38.8. The normalized spacial score (nSPS) is 18.5. The summed E-state index contributed by atoms with van der Waals surface area (Å²) in [4.78, 5) is 28.1. The molecule has 3 atom stereocenters. The first-order valence-corrected chi connectivity index (χ1v) is 19.0. The van der Waals surface area contributed by atoms with Gasteiger partial charge in [-0.05, 0) is 85.3 Å². The summed E-state index contributed by atoms with van der Waals surface area (Å²) in [6, 6.07) is 23.3. The Labute approximate surface area is 334 Å². The van der Waals surface area contributed by atoms with Gasteiger partial charge in [-0.3, -0.25) is 10.1 Å². The molecule has 3 fully saturated rings. The van der Waals surface area contributed by atoms with Gasteiger partial charge in [0.1, 0.15) is 40.2 Å². The fourth-order valence-corrected chi connectivity index (χ4v) is 8.22. The molecule has 2 bridgehead atoms. The van der Waals surface area contributed by atoms with E-state index in [4.69, 9.17) is 46.6 Å². The standard InChI is InChI=1S/C42H41Cl2N3O9/c1-52-36-13-10-28(18-37(36)53-2)31(20-33-34(43)21-47(51)22-35(33)44)32-19-30(55-40(32)41(48)49)24-54-29-11-8-27(9-12-29)39(26-6-4-3-5-7-26)45-42(50)56-38-23-46-16-14-25(38)15-17-46/h3-13,18-19,21-22,25,31,38-39H,14-17,20,23-24H2,1-2H3,(H2-,45,48,49,50,51)/t31-,38-,39?/m0/s1. The van der Waals surface area contributed by atoms with Crippen molar-refractivity contribution in [1.82, 2.24) is 10.2 Å². The van der Waals surface area contributed by atoms with Crippen LogP contribution in [-0.4, -0.2) is 62.1 Å². The molecule has 3 aromatic carbocycles. The molecule has 5 aromatic rings. The SMILES string of the molecule is COc1ccc([C@H](Cc2c(Cl)c[n+](O)cc2Cl)c2cc(COc3ccc(C(NC(=O)O[C@H]4CN5CCC4CC5)c4ccccc4)cc3)oc2C(=O)[O-])cc1OC. The van der Waals surface area contributed by atoms with E-state index >= 15 is 0 Å². The van der Waals surface area contributed by atoms with Crippen molar-refractivity contribution < 1.29 is 48.0 Å². The number of pyridine rings is 1. The molecular formula is C42H41Cl2N3O9. The number of piperidine rings is 3. The minimum absolute atomic E-state index is 0.109. The van der Waals surface area contributed by atoms with Crippen LogP contribution in [0.2, 0.25) is 10.0 Å². The van der Waals surface area contributed by atoms with Crippen molar-refractivity contribution in [2.24, 2.45) is 5.92 Å². The smallest absolute Gasteiger partial charge is 0.408 e. The number of methoxy groups -OCH3 is 2. The topological polar surface area (TPSA) is 147 Å². The largest absolute Gasteiger partial charge is 0.542 e. The number of nitrogens with zero attached hydrogens (tertiary/aromatic N) is 2. The van der Waals surface area contributed by atoms with Gasteiger partial charge in [0.15, 0.2) is 17.3 Å². The number of carbonyl (C=O) groups is 2. The number of ether oxygens (including phenoxy) is 4.